The molecule has 1 fully saturated rings. The van der Waals surface area contributed by atoms with Gasteiger partial charge in [-0.3, -0.25) is 4.79 Å². The molecule has 3 heteroatoms. The Hall–Kier alpha value is -1.79. The predicted octanol–water partition coefficient (Wildman–Crippen LogP) is 2.68. The van der Waals surface area contributed by atoms with Crippen molar-refractivity contribution in [2.45, 2.75) is 32.6 Å². The molecule has 0 spiro atoms. The summed E-state index contributed by atoms with van der Waals surface area (Å²) in [5.41, 5.74) is 1.44. The van der Waals surface area contributed by atoms with Gasteiger partial charge in [-0.2, -0.15) is 0 Å². The molecule has 0 saturated carbocycles. The summed E-state index contributed by atoms with van der Waals surface area (Å²) in [6.07, 6.45) is 3.87. The van der Waals surface area contributed by atoms with Gasteiger partial charge >= 0.3 is 0 Å². The summed E-state index contributed by atoms with van der Waals surface area (Å²) in [7, 11) is 0. The topological polar surface area (TPSA) is 40.5 Å². The lowest BCUT2D eigenvalue weighted by molar-refractivity contribution is 0.0671. The smallest absolute Gasteiger partial charge is 0.255 e. The van der Waals surface area contributed by atoms with Crippen LogP contribution in [0.5, 0.6) is 0 Å². The lowest BCUT2D eigenvalue weighted by atomic mass is 9.94. The van der Waals surface area contributed by atoms with Crippen LogP contribution in [0, 0.1) is 17.8 Å². The molecule has 1 heterocycles. The van der Waals surface area contributed by atoms with Crippen LogP contribution in [-0.2, 0) is 0 Å². The third-order valence-corrected chi connectivity index (χ3v) is 4.00. The van der Waals surface area contributed by atoms with Crippen molar-refractivity contribution in [3.05, 3.63) is 35.4 Å². The normalized spacial score (nSPS) is 18.0. The van der Waals surface area contributed by atoms with E-state index < -0.39 is 0 Å². The second-order valence-electron chi connectivity index (χ2n) is 5.49. The van der Waals surface area contributed by atoms with E-state index in [4.69, 9.17) is 5.11 Å². The van der Waals surface area contributed by atoms with Gasteiger partial charge in [0, 0.05) is 25.1 Å². The first-order chi connectivity index (χ1) is 10.3. The van der Waals surface area contributed by atoms with E-state index in [1.165, 1.54) is 6.42 Å². The van der Waals surface area contributed by atoms with Crippen LogP contribution in [0.1, 0.15) is 48.5 Å². The third-order valence-electron chi connectivity index (χ3n) is 4.00. The second kappa shape index (κ2) is 7.85. The van der Waals surface area contributed by atoms with E-state index in [-0.39, 0.29) is 12.5 Å². The number of aliphatic hydroxyl groups excluding tert-OH is 1. The minimum atomic E-state index is 0.0490. The molecule has 1 atom stereocenters. The zero-order valence-corrected chi connectivity index (χ0v) is 12.6. The van der Waals surface area contributed by atoms with Gasteiger partial charge < -0.3 is 10.0 Å². The monoisotopic (exact) mass is 285 g/mol. The van der Waals surface area contributed by atoms with Gasteiger partial charge in [0.05, 0.1) is 12.2 Å². The number of nitrogens with zero attached hydrogens (tertiary/aromatic N) is 1. The molecular weight excluding hydrogens is 262 g/mol. The molecule has 0 aromatic heterocycles. The number of benzene rings is 1. The fourth-order valence-corrected chi connectivity index (χ4v) is 2.75. The molecule has 21 heavy (non-hydrogen) atoms. The maximum Gasteiger partial charge on any atom is 0.255 e. The van der Waals surface area contributed by atoms with Crippen LogP contribution in [-0.4, -0.2) is 35.6 Å². The first-order valence-corrected chi connectivity index (χ1v) is 7.74. The van der Waals surface area contributed by atoms with Crippen molar-refractivity contribution in [1.29, 1.82) is 0 Å². The highest BCUT2D eigenvalue weighted by atomic mass is 16.2. The fourth-order valence-electron chi connectivity index (χ4n) is 2.75. The molecule has 0 bridgehead atoms. The van der Waals surface area contributed by atoms with E-state index in [1.54, 1.807) is 0 Å². The average molecular weight is 285 g/mol. The van der Waals surface area contributed by atoms with E-state index in [0.29, 0.717) is 17.9 Å². The van der Waals surface area contributed by atoms with Crippen molar-refractivity contribution in [2.75, 3.05) is 19.7 Å². The van der Waals surface area contributed by atoms with Crippen molar-refractivity contribution >= 4 is 5.91 Å². The van der Waals surface area contributed by atoms with E-state index >= 15 is 0 Å². The van der Waals surface area contributed by atoms with Crippen molar-refractivity contribution in [1.82, 2.24) is 4.90 Å². The molecule has 1 N–H and O–H groups in total. The number of hydrogen-bond donors (Lipinski definition) is 1. The van der Waals surface area contributed by atoms with Crippen LogP contribution in [0.2, 0.25) is 0 Å². The summed E-state index contributed by atoms with van der Waals surface area (Å²) in [4.78, 5) is 14.7. The second-order valence-corrected chi connectivity index (χ2v) is 5.49. The molecule has 1 unspecified atom stereocenters. The molecular formula is C18H23NO2. The zero-order valence-electron chi connectivity index (χ0n) is 12.6. The summed E-state index contributed by atoms with van der Waals surface area (Å²) >= 11 is 0. The molecule has 1 aliphatic heterocycles. The molecule has 1 aromatic rings. The van der Waals surface area contributed by atoms with Gasteiger partial charge in [0.25, 0.3) is 5.91 Å². The molecule has 2 rings (SSSR count). The number of likely N-dealkylation sites (tertiary alicyclic amines) is 1. The van der Waals surface area contributed by atoms with E-state index in [2.05, 4.69) is 18.8 Å². The van der Waals surface area contributed by atoms with E-state index in [0.717, 1.165) is 31.5 Å². The van der Waals surface area contributed by atoms with Gasteiger partial charge in [-0.15, -0.1) is 0 Å². The minimum Gasteiger partial charge on any atom is -0.395 e. The molecule has 112 valence electrons. The molecule has 1 aliphatic rings. The lowest BCUT2D eigenvalue weighted by Gasteiger charge is -2.32. The standard InChI is InChI=1S/C18H23NO2/c1-2-15-8-7-12-19(14-15)18(21)17-11-4-3-9-16(17)10-5-6-13-20/h3-4,9,11,15,20H,2,6-8,12-14H2,1H3. The Morgan fingerprint density at radius 3 is 3.00 bits per heavy atom. The summed E-state index contributed by atoms with van der Waals surface area (Å²) < 4.78 is 0. The Morgan fingerprint density at radius 2 is 2.24 bits per heavy atom. The number of piperidine rings is 1. The Kier molecular flexibility index (Phi) is 5.83. The fraction of sp³-hybridized carbons (Fsp3) is 0.500. The maximum absolute atomic E-state index is 12.7. The van der Waals surface area contributed by atoms with Gasteiger partial charge in [0.1, 0.15) is 0 Å². The van der Waals surface area contributed by atoms with Crippen molar-refractivity contribution in [3.8, 4) is 11.8 Å². The first kappa shape index (κ1) is 15.6. The number of carbonyl (C=O) groups is 1. The van der Waals surface area contributed by atoms with E-state index in [9.17, 15) is 4.79 Å². The van der Waals surface area contributed by atoms with Crippen molar-refractivity contribution < 1.29 is 9.90 Å². The number of hydrogen-bond acceptors (Lipinski definition) is 2. The van der Waals surface area contributed by atoms with Gasteiger partial charge in [-0.25, -0.2) is 0 Å². The number of carbonyl (C=O) groups excluding carboxylic acids is 1. The molecule has 0 radical (unpaired) electrons. The van der Waals surface area contributed by atoms with Gasteiger partial charge in [0.2, 0.25) is 0 Å². The largest absolute Gasteiger partial charge is 0.395 e. The Labute approximate surface area is 127 Å². The Bertz CT molecular complexity index is 542. The third kappa shape index (κ3) is 4.09. The Balaban J connectivity index is 2.17. The summed E-state index contributed by atoms with van der Waals surface area (Å²) in [6, 6.07) is 7.50. The van der Waals surface area contributed by atoms with Gasteiger partial charge in [0.15, 0.2) is 0 Å². The lowest BCUT2D eigenvalue weighted by Crippen LogP contribution is -2.40. The minimum absolute atomic E-state index is 0.0490. The molecule has 3 nitrogen and oxygen atoms in total. The van der Waals surface area contributed by atoms with Crippen molar-refractivity contribution in [2.24, 2.45) is 5.92 Å². The maximum atomic E-state index is 12.7. The van der Waals surface area contributed by atoms with E-state index in [1.807, 2.05) is 29.2 Å². The first-order valence-electron chi connectivity index (χ1n) is 7.74. The van der Waals surface area contributed by atoms with Crippen LogP contribution < -0.4 is 0 Å². The molecule has 1 aromatic carbocycles. The predicted molar refractivity (Wildman–Crippen MR) is 83.9 cm³/mol. The number of amides is 1. The van der Waals surface area contributed by atoms with Crippen LogP contribution in [0.15, 0.2) is 24.3 Å². The highest BCUT2D eigenvalue weighted by molar-refractivity contribution is 5.96. The van der Waals surface area contributed by atoms with Crippen LogP contribution >= 0.6 is 0 Å². The van der Waals surface area contributed by atoms with Crippen molar-refractivity contribution in [3.63, 3.8) is 0 Å². The summed E-state index contributed by atoms with van der Waals surface area (Å²) in [5, 5.41) is 8.81. The molecule has 0 aliphatic carbocycles. The van der Waals surface area contributed by atoms with Crippen LogP contribution in [0.4, 0.5) is 0 Å². The van der Waals surface area contributed by atoms with Crippen LogP contribution in [0.3, 0.4) is 0 Å². The summed E-state index contributed by atoms with van der Waals surface area (Å²) in [5.74, 6) is 6.61. The highest BCUT2D eigenvalue weighted by Crippen LogP contribution is 2.21. The number of rotatable bonds is 3. The van der Waals surface area contributed by atoms with Crippen LogP contribution in [0.25, 0.3) is 0 Å². The average Bonchev–Trinajstić information content (AvgIpc) is 2.55. The SMILES string of the molecule is CCC1CCCN(C(=O)c2ccccc2C#CCCO)C1. The molecule has 1 saturated heterocycles. The molecule has 1 amide bonds. The Morgan fingerprint density at radius 1 is 1.43 bits per heavy atom. The summed E-state index contributed by atoms with van der Waals surface area (Å²) in [6.45, 7) is 3.93. The van der Waals surface area contributed by atoms with Gasteiger partial charge in [-0.05, 0) is 30.9 Å². The highest BCUT2D eigenvalue weighted by Gasteiger charge is 2.24. The zero-order chi connectivity index (χ0) is 15.1. The van der Waals surface area contributed by atoms with Gasteiger partial charge in [-0.1, -0.05) is 37.3 Å². The number of aliphatic hydroxyl groups is 1. The quantitative estimate of drug-likeness (QED) is 0.867.